The number of phenolic OH excluding ortho intramolecular Hbond substituents is 1. The van der Waals surface area contributed by atoms with Gasteiger partial charge in [0.2, 0.25) is 0 Å². The number of hydrogen-bond donors (Lipinski definition) is 3. The predicted octanol–water partition coefficient (Wildman–Crippen LogP) is 2.21. The minimum absolute atomic E-state index is 0.172. The molecule has 1 heterocycles. The smallest absolute Gasteiger partial charge is 0.323 e. The fourth-order valence-electron chi connectivity index (χ4n) is 1.66. The van der Waals surface area contributed by atoms with E-state index in [0.717, 1.165) is 12.8 Å². The highest BCUT2D eigenvalue weighted by Crippen LogP contribution is 2.14. The summed E-state index contributed by atoms with van der Waals surface area (Å²) < 4.78 is 5.22. The van der Waals surface area contributed by atoms with Gasteiger partial charge in [-0.2, -0.15) is 0 Å². The lowest BCUT2D eigenvalue weighted by atomic mass is 10.1. The number of hydrogen-bond acceptors (Lipinski definition) is 3. The van der Waals surface area contributed by atoms with Crippen LogP contribution in [0.15, 0.2) is 36.0 Å². The Morgan fingerprint density at radius 3 is 2.56 bits per heavy atom. The van der Waals surface area contributed by atoms with Gasteiger partial charge in [-0.1, -0.05) is 0 Å². The maximum Gasteiger partial charge on any atom is 0.323 e. The molecule has 2 rings (SSSR count). The second-order valence-electron chi connectivity index (χ2n) is 4.06. The van der Waals surface area contributed by atoms with Gasteiger partial charge in [0.15, 0.2) is 0 Å². The Kier molecular flexibility index (Phi) is 4.20. The molecule has 0 saturated carbocycles. The summed E-state index contributed by atoms with van der Waals surface area (Å²) in [4.78, 5) is 11.6. The molecule has 1 aromatic carbocycles. The third kappa shape index (κ3) is 3.78. The zero-order valence-corrected chi connectivity index (χ0v) is 9.98. The molecule has 2 amide bonds. The van der Waals surface area contributed by atoms with Crippen molar-refractivity contribution in [2.24, 2.45) is 0 Å². The van der Waals surface area contributed by atoms with Gasteiger partial charge in [0.1, 0.15) is 5.75 Å². The van der Waals surface area contributed by atoms with E-state index in [1.807, 2.05) is 0 Å². The number of ether oxygens (including phenoxy) is 1. The molecular formula is C13H16N2O3. The second kappa shape index (κ2) is 6.07. The molecule has 18 heavy (non-hydrogen) atoms. The molecule has 1 fully saturated rings. The summed E-state index contributed by atoms with van der Waals surface area (Å²) in [5.41, 5.74) is 1.82. The van der Waals surface area contributed by atoms with Crippen LogP contribution in [0.2, 0.25) is 0 Å². The Balaban J connectivity index is 1.83. The summed E-state index contributed by atoms with van der Waals surface area (Å²) in [5, 5.41) is 14.5. The van der Waals surface area contributed by atoms with Gasteiger partial charge in [-0.3, -0.25) is 0 Å². The molecule has 0 aliphatic carbocycles. The maximum atomic E-state index is 11.6. The Labute approximate surface area is 105 Å². The average molecular weight is 248 g/mol. The molecule has 1 saturated heterocycles. The molecule has 1 aromatic rings. The Morgan fingerprint density at radius 2 is 1.89 bits per heavy atom. The van der Waals surface area contributed by atoms with E-state index in [9.17, 15) is 4.79 Å². The van der Waals surface area contributed by atoms with Crippen LogP contribution in [-0.2, 0) is 4.74 Å². The number of carbonyl (C=O) groups excluding carboxylic acids is 1. The third-order valence-corrected chi connectivity index (χ3v) is 2.67. The summed E-state index contributed by atoms with van der Waals surface area (Å²) in [5.74, 6) is 0.172. The highest BCUT2D eigenvalue weighted by molar-refractivity contribution is 5.89. The molecule has 0 unspecified atom stereocenters. The van der Waals surface area contributed by atoms with Crippen LogP contribution in [0.25, 0.3) is 0 Å². The third-order valence-electron chi connectivity index (χ3n) is 2.67. The van der Waals surface area contributed by atoms with Gasteiger partial charge in [0.25, 0.3) is 0 Å². The summed E-state index contributed by atoms with van der Waals surface area (Å²) in [6, 6.07) is 6.02. The number of nitrogens with one attached hydrogen (secondary N) is 2. The van der Waals surface area contributed by atoms with Crippen LogP contribution >= 0.6 is 0 Å². The fraction of sp³-hybridized carbons (Fsp3) is 0.308. The number of carbonyl (C=O) groups is 1. The summed E-state index contributed by atoms with van der Waals surface area (Å²) in [7, 11) is 0. The SMILES string of the molecule is O=C(NC=C1CCOCC1)Nc1ccc(O)cc1. The van der Waals surface area contributed by atoms with Crippen LogP contribution < -0.4 is 10.6 Å². The van der Waals surface area contributed by atoms with E-state index in [2.05, 4.69) is 10.6 Å². The first kappa shape index (κ1) is 12.4. The number of phenols is 1. The van der Waals surface area contributed by atoms with Crippen molar-refractivity contribution in [3.05, 3.63) is 36.0 Å². The first-order valence-corrected chi connectivity index (χ1v) is 5.86. The van der Waals surface area contributed by atoms with Gasteiger partial charge < -0.3 is 20.5 Å². The van der Waals surface area contributed by atoms with Gasteiger partial charge in [-0.15, -0.1) is 0 Å². The van der Waals surface area contributed by atoms with Crippen LogP contribution in [0.4, 0.5) is 10.5 Å². The van der Waals surface area contributed by atoms with Gasteiger partial charge in [0.05, 0.1) is 13.2 Å². The molecular weight excluding hydrogens is 232 g/mol. The van der Waals surface area contributed by atoms with Crippen molar-refractivity contribution in [2.75, 3.05) is 18.5 Å². The zero-order valence-electron chi connectivity index (χ0n) is 9.98. The van der Waals surface area contributed by atoms with Crippen molar-refractivity contribution in [3.63, 3.8) is 0 Å². The minimum Gasteiger partial charge on any atom is -0.508 e. The van der Waals surface area contributed by atoms with Crippen LogP contribution in [0, 0.1) is 0 Å². The van der Waals surface area contributed by atoms with E-state index in [0.29, 0.717) is 18.9 Å². The van der Waals surface area contributed by atoms with Crippen molar-refractivity contribution in [1.82, 2.24) is 5.32 Å². The second-order valence-corrected chi connectivity index (χ2v) is 4.06. The number of benzene rings is 1. The topological polar surface area (TPSA) is 70.6 Å². The molecule has 0 atom stereocenters. The Hall–Kier alpha value is -2.01. The average Bonchev–Trinajstić information content (AvgIpc) is 2.40. The number of aromatic hydroxyl groups is 1. The van der Waals surface area contributed by atoms with Crippen LogP contribution in [0.3, 0.4) is 0 Å². The molecule has 96 valence electrons. The van der Waals surface area contributed by atoms with Crippen molar-refractivity contribution in [1.29, 1.82) is 0 Å². The molecule has 0 radical (unpaired) electrons. The minimum atomic E-state index is -0.292. The summed E-state index contributed by atoms with van der Waals surface area (Å²) in [6.45, 7) is 1.43. The molecule has 1 aliphatic heterocycles. The van der Waals surface area contributed by atoms with E-state index in [1.54, 1.807) is 18.3 Å². The highest BCUT2D eigenvalue weighted by atomic mass is 16.5. The quantitative estimate of drug-likeness (QED) is 0.703. The van der Waals surface area contributed by atoms with E-state index in [4.69, 9.17) is 9.84 Å². The normalized spacial score (nSPS) is 15.0. The Bertz CT molecular complexity index is 432. The number of anilines is 1. The fourth-order valence-corrected chi connectivity index (χ4v) is 1.66. The molecule has 5 heteroatoms. The molecule has 5 nitrogen and oxygen atoms in total. The molecule has 0 aromatic heterocycles. The van der Waals surface area contributed by atoms with Gasteiger partial charge in [0, 0.05) is 11.9 Å². The van der Waals surface area contributed by atoms with Crippen molar-refractivity contribution < 1.29 is 14.6 Å². The number of rotatable bonds is 2. The lowest BCUT2D eigenvalue weighted by Gasteiger charge is -2.14. The van der Waals surface area contributed by atoms with Crippen molar-refractivity contribution in [2.45, 2.75) is 12.8 Å². The lowest BCUT2D eigenvalue weighted by molar-refractivity contribution is 0.119. The predicted molar refractivity (Wildman–Crippen MR) is 68.4 cm³/mol. The monoisotopic (exact) mass is 248 g/mol. The Morgan fingerprint density at radius 1 is 1.22 bits per heavy atom. The van der Waals surface area contributed by atoms with Crippen LogP contribution in [0.5, 0.6) is 5.75 Å². The van der Waals surface area contributed by atoms with Crippen LogP contribution in [0.1, 0.15) is 12.8 Å². The summed E-state index contributed by atoms with van der Waals surface area (Å²) in [6.07, 6.45) is 3.46. The van der Waals surface area contributed by atoms with Gasteiger partial charge >= 0.3 is 6.03 Å². The van der Waals surface area contributed by atoms with Gasteiger partial charge in [-0.05, 0) is 42.7 Å². The van der Waals surface area contributed by atoms with Crippen molar-refractivity contribution >= 4 is 11.7 Å². The molecule has 0 bridgehead atoms. The number of urea groups is 1. The molecule has 0 spiro atoms. The highest BCUT2D eigenvalue weighted by Gasteiger charge is 2.06. The van der Waals surface area contributed by atoms with E-state index < -0.39 is 0 Å². The van der Waals surface area contributed by atoms with E-state index >= 15 is 0 Å². The maximum absolute atomic E-state index is 11.6. The first-order valence-electron chi connectivity index (χ1n) is 5.86. The lowest BCUT2D eigenvalue weighted by Crippen LogP contribution is -2.25. The standard InChI is InChI=1S/C13H16N2O3/c16-12-3-1-11(2-4-12)15-13(17)14-9-10-5-7-18-8-6-10/h1-4,9,16H,5-8H2,(H2,14,15,17). The molecule has 3 N–H and O–H groups in total. The van der Waals surface area contributed by atoms with Crippen LogP contribution in [-0.4, -0.2) is 24.4 Å². The molecule has 1 aliphatic rings. The largest absolute Gasteiger partial charge is 0.508 e. The number of amides is 2. The zero-order chi connectivity index (χ0) is 12.8. The van der Waals surface area contributed by atoms with Gasteiger partial charge in [-0.25, -0.2) is 4.79 Å². The summed E-state index contributed by atoms with van der Waals surface area (Å²) >= 11 is 0. The van der Waals surface area contributed by atoms with E-state index in [1.165, 1.54) is 17.7 Å². The van der Waals surface area contributed by atoms with E-state index in [-0.39, 0.29) is 11.8 Å². The first-order chi connectivity index (χ1) is 8.74. The van der Waals surface area contributed by atoms with Crippen molar-refractivity contribution in [3.8, 4) is 5.75 Å².